The van der Waals surface area contributed by atoms with Crippen LogP contribution in [0.25, 0.3) is 0 Å². The summed E-state index contributed by atoms with van der Waals surface area (Å²) in [6.45, 7) is 4.53. The Bertz CT molecular complexity index is 299. The predicted octanol–water partition coefficient (Wildman–Crippen LogP) is 1.64. The molecular weight excluding hydrogens is 190 g/mol. The summed E-state index contributed by atoms with van der Waals surface area (Å²) in [5, 5.41) is 21.7. The van der Waals surface area contributed by atoms with Crippen molar-refractivity contribution in [3.8, 4) is 5.75 Å². The summed E-state index contributed by atoms with van der Waals surface area (Å²) < 4.78 is 0. The molecule has 1 rings (SSSR count). The molecule has 0 heterocycles. The molecule has 3 N–H and O–H groups in total. The van der Waals surface area contributed by atoms with Crippen molar-refractivity contribution in [2.45, 2.75) is 39.0 Å². The Morgan fingerprint density at radius 3 is 2.67 bits per heavy atom. The fraction of sp³-hybridized carbons (Fsp3) is 0.500. The quantitative estimate of drug-likeness (QED) is 0.691. The molecule has 1 aromatic rings. The van der Waals surface area contributed by atoms with Gasteiger partial charge in [-0.15, -0.1) is 0 Å². The van der Waals surface area contributed by atoms with Crippen LogP contribution in [0.15, 0.2) is 24.3 Å². The van der Waals surface area contributed by atoms with E-state index < -0.39 is 0 Å². The third-order valence-electron chi connectivity index (χ3n) is 2.26. The number of aliphatic hydroxyl groups excluding tert-OH is 1. The highest BCUT2D eigenvalue weighted by Gasteiger charge is 2.05. The Hall–Kier alpha value is -1.06. The maximum Gasteiger partial charge on any atom is 0.115 e. The lowest BCUT2D eigenvalue weighted by atomic mass is 10.1. The monoisotopic (exact) mass is 209 g/mol. The van der Waals surface area contributed by atoms with Gasteiger partial charge in [-0.05, 0) is 38.0 Å². The Morgan fingerprint density at radius 2 is 2.07 bits per heavy atom. The molecule has 0 bridgehead atoms. The lowest BCUT2D eigenvalue weighted by Gasteiger charge is -2.15. The molecule has 0 amide bonds. The van der Waals surface area contributed by atoms with Crippen LogP contribution in [0.2, 0.25) is 0 Å². The molecule has 0 aromatic heterocycles. The molecule has 0 aliphatic heterocycles. The Kier molecular flexibility index (Phi) is 4.59. The van der Waals surface area contributed by atoms with Crippen molar-refractivity contribution in [3.05, 3.63) is 29.8 Å². The topological polar surface area (TPSA) is 52.5 Å². The molecule has 0 spiro atoms. The van der Waals surface area contributed by atoms with Crippen LogP contribution in [0, 0.1) is 0 Å². The van der Waals surface area contributed by atoms with Gasteiger partial charge in [-0.25, -0.2) is 0 Å². The van der Waals surface area contributed by atoms with Gasteiger partial charge in [-0.3, -0.25) is 0 Å². The smallest absolute Gasteiger partial charge is 0.115 e. The van der Waals surface area contributed by atoms with Gasteiger partial charge in [0, 0.05) is 12.6 Å². The number of nitrogens with one attached hydrogen (secondary N) is 1. The summed E-state index contributed by atoms with van der Waals surface area (Å²) in [6, 6.07) is 7.45. The van der Waals surface area contributed by atoms with E-state index in [1.54, 1.807) is 19.1 Å². The molecule has 0 aliphatic carbocycles. The second-order valence-corrected chi connectivity index (χ2v) is 4.04. The number of benzene rings is 1. The number of aliphatic hydroxyl groups is 1. The molecule has 0 aliphatic rings. The lowest BCUT2D eigenvalue weighted by molar-refractivity contribution is 0.170. The van der Waals surface area contributed by atoms with Crippen LogP contribution in [0.4, 0.5) is 0 Å². The van der Waals surface area contributed by atoms with Gasteiger partial charge < -0.3 is 15.5 Å². The van der Waals surface area contributed by atoms with Gasteiger partial charge in [-0.1, -0.05) is 12.1 Å². The van der Waals surface area contributed by atoms with Gasteiger partial charge in [0.05, 0.1) is 6.10 Å². The van der Waals surface area contributed by atoms with E-state index in [4.69, 9.17) is 0 Å². The third-order valence-corrected chi connectivity index (χ3v) is 2.26. The normalized spacial score (nSPS) is 14.9. The number of aromatic hydroxyl groups is 1. The largest absolute Gasteiger partial charge is 0.508 e. The number of hydrogen-bond donors (Lipinski definition) is 3. The third kappa shape index (κ3) is 4.81. The lowest BCUT2D eigenvalue weighted by Crippen LogP contribution is -2.28. The first-order chi connectivity index (χ1) is 7.08. The molecule has 3 heteroatoms. The van der Waals surface area contributed by atoms with E-state index in [9.17, 15) is 10.2 Å². The summed E-state index contributed by atoms with van der Waals surface area (Å²) in [7, 11) is 0. The zero-order valence-corrected chi connectivity index (χ0v) is 9.27. The summed E-state index contributed by atoms with van der Waals surface area (Å²) >= 11 is 0. The number of rotatable bonds is 5. The van der Waals surface area contributed by atoms with Crippen LogP contribution in [0.3, 0.4) is 0 Å². The summed E-state index contributed by atoms with van der Waals surface area (Å²) in [5.74, 6) is 0.289. The molecule has 0 radical (unpaired) electrons. The van der Waals surface area contributed by atoms with Gasteiger partial charge in [0.25, 0.3) is 0 Å². The fourth-order valence-corrected chi connectivity index (χ4v) is 1.55. The van der Waals surface area contributed by atoms with Crippen LogP contribution in [-0.4, -0.2) is 22.4 Å². The van der Waals surface area contributed by atoms with Crippen molar-refractivity contribution >= 4 is 0 Å². The van der Waals surface area contributed by atoms with E-state index in [0.717, 1.165) is 12.0 Å². The molecule has 1 aromatic carbocycles. The zero-order valence-electron chi connectivity index (χ0n) is 9.27. The van der Waals surface area contributed by atoms with Crippen LogP contribution < -0.4 is 5.32 Å². The van der Waals surface area contributed by atoms with Crippen molar-refractivity contribution in [1.82, 2.24) is 5.32 Å². The van der Waals surface area contributed by atoms with Crippen molar-refractivity contribution in [1.29, 1.82) is 0 Å². The standard InChI is InChI=1S/C12H19NO2/c1-9(6-10(2)14)13-8-11-4-3-5-12(15)7-11/h3-5,7,9-10,13-15H,6,8H2,1-2H3. The van der Waals surface area contributed by atoms with Crippen LogP contribution >= 0.6 is 0 Å². The van der Waals surface area contributed by atoms with E-state index in [2.05, 4.69) is 5.32 Å². The van der Waals surface area contributed by atoms with Gasteiger partial charge in [0.2, 0.25) is 0 Å². The van der Waals surface area contributed by atoms with E-state index in [1.165, 1.54) is 0 Å². The maximum absolute atomic E-state index is 9.26. The zero-order chi connectivity index (χ0) is 11.3. The van der Waals surface area contributed by atoms with Gasteiger partial charge in [0.15, 0.2) is 0 Å². The SMILES string of the molecule is CC(O)CC(C)NCc1cccc(O)c1. The molecule has 84 valence electrons. The average Bonchev–Trinajstić information content (AvgIpc) is 2.14. The minimum Gasteiger partial charge on any atom is -0.508 e. The molecule has 2 unspecified atom stereocenters. The van der Waals surface area contributed by atoms with Crippen molar-refractivity contribution < 1.29 is 10.2 Å². The Morgan fingerprint density at radius 1 is 1.33 bits per heavy atom. The van der Waals surface area contributed by atoms with Gasteiger partial charge >= 0.3 is 0 Å². The van der Waals surface area contributed by atoms with Crippen LogP contribution in [-0.2, 0) is 6.54 Å². The van der Waals surface area contributed by atoms with Gasteiger partial charge in [0.1, 0.15) is 5.75 Å². The minimum absolute atomic E-state index is 0.271. The second-order valence-electron chi connectivity index (χ2n) is 4.04. The van der Waals surface area contributed by atoms with Crippen molar-refractivity contribution in [2.24, 2.45) is 0 Å². The molecule has 0 saturated heterocycles. The van der Waals surface area contributed by atoms with E-state index >= 15 is 0 Å². The van der Waals surface area contributed by atoms with E-state index in [-0.39, 0.29) is 17.9 Å². The highest BCUT2D eigenvalue weighted by molar-refractivity contribution is 5.26. The van der Waals surface area contributed by atoms with Crippen LogP contribution in [0.1, 0.15) is 25.8 Å². The molecule has 3 nitrogen and oxygen atoms in total. The highest BCUT2D eigenvalue weighted by atomic mass is 16.3. The van der Waals surface area contributed by atoms with Crippen LogP contribution in [0.5, 0.6) is 5.75 Å². The van der Waals surface area contributed by atoms with Gasteiger partial charge in [-0.2, -0.15) is 0 Å². The van der Waals surface area contributed by atoms with E-state index in [1.807, 2.05) is 19.1 Å². The summed E-state index contributed by atoms with van der Waals surface area (Å²) in [5.41, 5.74) is 1.05. The van der Waals surface area contributed by atoms with Crippen molar-refractivity contribution in [3.63, 3.8) is 0 Å². The predicted molar refractivity (Wildman–Crippen MR) is 60.7 cm³/mol. The number of hydrogen-bond acceptors (Lipinski definition) is 3. The Labute approximate surface area is 90.8 Å². The molecule has 0 saturated carbocycles. The van der Waals surface area contributed by atoms with E-state index in [0.29, 0.717) is 6.54 Å². The maximum atomic E-state index is 9.26. The number of phenols is 1. The minimum atomic E-state index is -0.281. The first-order valence-electron chi connectivity index (χ1n) is 5.27. The van der Waals surface area contributed by atoms with Crippen molar-refractivity contribution in [2.75, 3.05) is 0 Å². The molecule has 0 fully saturated rings. The Balaban J connectivity index is 2.36. The average molecular weight is 209 g/mol. The first-order valence-corrected chi connectivity index (χ1v) is 5.27. The molecule has 2 atom stereocenters. The summed E-state index contributed by atoms with van der Waals surface area (Å²) in [6.07, 6.45) is 0.454. The summed E-state index contributed by atoms with van der Waals surface area (Å²) in [4.78, 5) is 0. The molecular formula is C12H19NO2. The molecule has 15 heavy (non-hydrogen) atoms. The number of phenolic OH excluding ortho intramolecular Hbond substituents is 1. The second kappa shape index (κ2) is 5.73. The highest BCUT2D eigenvalue weighted by Crippen LogP contribution is 2.10. The first kappa shape index (κ1) is 12.0. The fourth-order valence-electron chi connectivity index (χ4n) is 1.55.